The zero-order valence-electron chi connectivity index (χ0n) is 11.9. The third kappa shape index (κ3) is 4.39. The average Bonchev–Trinajstić information content (AvgIpc) is 2.51. The van der Waals surface area contributed by atoms with E-state index in [0.717, 1.165) is 5.56 Å². The van der Waals surface area contributed by atoms with Gasteiger partial charge in [0.15, 0.2) is 0 Å². The van der Waals surface area contributed by atoms with E-state index in [0.29, 0.717) is 17.9 Å². The van der Waals surface area contributed by atoms with Crippen LogP contribution in [0.2, 0.25) is 0 Å². The summed E-state index contributed by atoms with van der Waals surface area (Å²) in [5.41, 5.74) is 2.82. The first-order valence-electron chi connectivity index (χ1n) is 6.69. The summed E-state index contributed by atoms with van der Waals surface area (Å²) in [4.78, 5) is 11.8. The molecule has 0 spiro atoms. The fourth-order valence-corrected chi connectivity index (χ4v) is 1.93. The summed E-state index contributed by atoms with van der Waals surface area (Å²) >= 11 is 0. The molecule has 3 heteroatoms. The molecule has 1 N–H and O–H groups in total. The van der Waals surface area contributed by atoms with Gasteiger partial charge in [-0.3, -0.25) is 4.79 Å². The number of rotatable bonds is 5. The largest absolute Gasteiger partial charge is 0.489 e. The van der Waals surface area contributed by atoms with E-state index in [9.17, 15) is 4.79 Å². The predicted octanol–water partition coefficient (Wildman–Crippen LogP) is 2.94. The Labute approximate surface area is 125 Å². The molecule has 0 aromatic heterocycles. The first-order valence-corrected chi connectivity index (χ1v) is 6.69. The van der Waals surface area contributed by atoms with Crippen molar-refractivity contribution in [2.75, 3.05) is 6.54 Å². The number of hydrogen-bond donors (Lipinski definition) is 1. The van der Waals surface area contributed by atoms with E-state index >= 15 is 0 Å². The van der Waals surface area contributed by atoms with Gasteiger partial charge in [0.05, 0.1) is 6.54 Å². The molecule has 0 aliphatic heterocycles. The van der Waals surface area contributed by atoms with E-state index in [1.165, 1.54) is 5.56 Å². The molecule has 0 atom stereocenters. The molecule has 106 valence electrons. The molecular weight excluding hydrogens is 262 g/mol. The van der Waals surface area contributed by atoms with Crippen LogP contribution in [0.25, 0.3) is 0 Å². The molecule has 0 saturated carbocycles. The maximum Gasteiger partial charge on any atom is 0.252 e. The lowest BCUT2D eigenvalue weighted by Gasteiger charge is -2.08. The molecule has 0 bridgehead atoms. The highest BCUT2D eigenvalue weighted by Gasteiger charge is 2.05. The number of carbonyl (C=O) groups is 1. The Hall–Kier alpha value is -2.73. The maximum atomic E-state index is 11.8. The van der Waals surface area contributed by atoms with Crippen LogP contribution in [0.15, 0.2) is 48.5 Å². The van der Waals surface area contributed by atoms with Crippen molar-refractivity contribution in [2.45, 2.75) is 13.5 Å². The van der Waals surface area contributed by atoms with Gasteiger partial charge in [0.25, 0.3) is 5.91 Å². The summed E-state index contributed by atoms with van der Waals surface area (Å²) in [6, 6.07) is 15.2. The summed E-state index contributed by atoms with van der Waals surface area (Å²) in [6.07, 6.45) is 5.12. The molecule has 0 aliphatic carbocycles. The van der Waals surface area contributed by atoms with Crippen LogP contribution in [0.4, 0.5) is 0 Å². The van der Waals surface area contributed by atoms with Crippen molar-refractivity contribution in [3.8, 4) is 18.1 Å². The monoisotopic (exact) mass is 279 g/mol. The van der Waals surface area contributed by atoms with E-state index in [-0.39, 0.29) is 12.5 Å². The van der Waals surface area contributed by atoms with E-state index in [1.807, 2.05) is 31.2 Å². The molecule has 0 fully saturated rings. The molecule has 21 heavy (non-hydrogen) atoms. The van der Waals surface area contributed by atoms with Crippen molar-refractivity contribution >= 4 is 5.91 Å². The van der Waals surface area contributed by atoms with Crippen molar-refractivity contribution in [3.05, 3.63) is 65.2 Å². The Bertz CT molecular complexity index is 671. The fourth-order valence-electron chi connectivity index (χ4n) is 1.93. The summed E-state index contributed by atoms with van der Waals surface area (Å²) in [7, 11) is 0. The van der Waals surface area contributed by atoms with E-state index in [2.05, 4.69) is 17.3 Å². The minimum Gasteiger partial charge on any atom is -0.489 e. The van der Waals surface area contributed by atoms with Crippen LogP contribution in [0.5, 0.6) is 5.75 Å². The first-order chi connectivity index (χ1) is 10.2. The molecule has 0 saturated heterocycles. The summed E-state index contributed by atoms with van der Waals surface area (Å²) in [6.45, 7) is 2.73. The number of aryl methyl sites for hydroxylation is 1. The van der Waals surface area contributed by atoms with Crippen molar-refractivity contribution in [1.29, 1.82) is 0 Å². The van der Waals surface area contributed by atoms with Gasteiger partial charge in [-0.15, -0.1) is 6.42 Å². The zero-order valence-corrected chi connectivity index (χ0v) is 11.9. The number of amides is 1. The number of carbonyl (C=O) groups excluding carboxylic acids is 1. The molecular formula is C18H17NO2. The summed E-state index contributed by atoms with van der Waals surface area (Å²) < 4.78 is 5.72. The second-order valence-corrected chi connectivity index (χ2v) is 4.69. The quantitative estimate of drug-likeness (QED) is 0.855. The van der Waals surface area contributed by atoms with Gasteiger partial charge < -0.3 is 10.1 Å². The van der Waals surface area contributed by atoms with Crippen molar-refractivity contribution in [3.63, 3.8) is 0 Å². The smallest absolute Gasteiger partial charge is 0.252 e. The van der Waals surface area contributed by atoms with Crippen LogP contribution < -0.4 is 10.1 Å². The SMILES string of the molecule is C#CCNC(=O)c1cccc(OCc2cccc(C)c2)c1. The Balaban J connectivity index is 2.01. The van der Waals surface area contributed by atoms with Crippen LogP contribution in [0, 0.1) is 19.3 Å². The highest BCUT2D eigenvalue weighted by Crippen LogP contribution is 2.15. The van der Waals surface area contributed by atoms with Gasteiger partial charge in [-0.05, 0) is 30.7 Å². The Morgan fingerprint density at radius 1 is 1.24 bits per heavy atom. The van der Waals surface area contributed by atoms with Crippen LogP contribution in [0.3, 0.4) is 0 Å². The second-order valence-electron chi connectivity index (χ2n) is 4.69. The van der Waals surface area contributed by atoms with Crippen molar-refractivity contribution in [1.82, 2.24) is 5.32 Å². The highest BCUT2D eigenvalue weighted by molar-refractivity contribution is 5.94. The number of ether oxygens (including phenoxy) is 1. The summed E-state index contributed by atoms with van der Waals surface area (Å²) in [5.74, 6) is 2.83. The third-order valence-corrected chi connectivity index (χ3v) is 2.94. The van der Waals surface area contributed by atoms with E-state index < -0.39 is 0 Å². The standard InChI is InChI=1S/C18H17NO2/c1-3-10-19-18(20)16-8-5-9-17(12-16)21-13-15-7-4-6-14(2)11-15/h1,4-9,11-12H,10,13H2,2H3,(H,19,20). The fraction of sp³-hybridized carbons (Fsp3) is 0.167. The number of nitrogens with one attached hydrogen (secondary N) is 1. The lowest BCUT2D eigenvalue weighted by Crippen LogP contribution is -2.23. The van der Waals surface area contributed by atoms with Gasteiger partial charge in [-0.25, -0.2) is 0 Å². The molecule has 0 aliphatic rings. The average molecular weight is 279 g/mol. The van der Waals surface area contributed by atoms with Crippen LogP contribution >= 0.6 is 0 Å². The predicted molar refractivity (Wildman–Crippen MR) is 83.1 cm³/mol. The highest BCUT2D eigenvalue weighted by atomic mass is 16.5. The molecule has 3 nitrogen and oxygen atoms in total. The second kappa shape index (κ2) is 7.16. The molecule has 2 aromatic carbocycles. The zero-order chi connectivity index (χ0) is 15.1. The van der Waals surface area contributed by atoms with Gasteiger partial charge in [-0.2, -0.15) is 0 Å². The maximum absolute atomic E-state index is 11.8. The van der Waals surface area contributed by atoms with Crippen LogP contribution in [-0.2, 0) is 6.61 Å². The Morgan fingerprint density at radius 2 is 2.05 bits per heavy atom. The third-order valence-electron chi connectivity index (χ3n) is 2.94. The molecule has 2 aromatic rings. The van der Waals surface area contributed by atoms with Gasteiger partial charge in [-0.1, -0.05) is 41.8 Å². The van der Waals surface area contributed by atoms with E-state index in [1.54, 1.807) is 18.2 Å². The van der Waals surface area contributed by atoms with Gasteiger partial charge in [0.2, 0.25) is 0 Å². The number of terminal acetylenes is 1. The Morgan fingerprint density at radius 3 is 2.81 bits per heavy atom. The lowest BCUT2D eigenvalue weighted by molar-refractivity contribution is 0.0958. The summed E-state index contributed by atoms with van der Waals surface area (Å²) in [5, 5.41) is 2.63. The van der Waals surface area contributed by atoms with Crippen molar-refractivity contribution in [2.24, 2.45) is 0 Å². The van der Waals surface area contributed by atoms with Crippen molar-refractivity contribution < 1.29 is 9.53 Å². The Kier molecular flexibility index (Phi) is 5.00. The molecule has 0 radical (unpaired) electrons. The van der Waals surface area contributed by atoms with Crippen LogP contribution in [0.1, 0.15) is 21.5 Å². The van der Waals surface area contributed by atoms with E-state index in [4.69, 9.17) is 11.2 Å². The number of hydrogen-bond acceptors (Lipinski definition) is 2. The van der Waals surface area contributed by atoms with Crippen LogP contribution in [-0.4, -0.2) is 12.5 Å². The van der Waals surface area contributed by atoms with Gasteiger partial charge in [0, 0.05) is 5.56 Å². The van der Waals surface area contributed by atoms with Gasteiger partial charge >= 0.3 is 0 Å². The molecule has 0 heterocycles. The molecule has 2 rings (SSSR count). The lowest BCUT2D eigenvalue weighted by atomic mass is 10.1. The topological polar surface area (TPSA) is 38.3 Å². The first kappa shape index (κ1) is 14.7. The molecule has 0 unspecified atom stereocenters. The minimum atomic E-state index is -0.200. The normalized spacial score (nSPS) is 9.71. The molecule has 1 amide bonds. The van der Waals surface area contributed by atoms with Gasteiger partial charge in [0.1, 0.15) is 12.4 Å². The minimum absolute atomic E-state index is 0.200. The number of benzene rings is 2.